The molecule has 0 atom stereocenters. The lowest BCUT2D eigenvalue weighted by Gasteiger charge is -2.22. The molecule has 0 fully saturated rings. The van der Waals surface area contributed by atoms with Crippen molar-refractivity contribution in [2.75, 3.05) is 0 Å². The Morgan fingerprint density at radius 3 is 1.20 bits per heavy atom. The molecule has 0 aliphatic heterocycles. The molecule has 0 aromatic heterocycles. The molecule has 0 N–H and O–H groups in total. The Hall–Kier alpha value is -1.57. The molecule has 2 aromatic rings. The second kappa shape index (κ2) is 9.22. The third-order valence-corrected chi connectivity index (χ3v) is 5.37. The summed E-state index contributed by atoms with van der Waals surface area (Å²) in [5.41, 5.74) is 0. The van der Waals surface area contributed by atoms with Gasteiger partial charge in [0.2, 0.25) is 0 Å². The predicted molar refractivity (Wildman–Crippen MR) is 107 cm³/mol. The van der Waals surface area contributed by atoms with E-state index in [0.29, 0.717) is 0 Å². The largest absolute Gasteiger partial charge is 0.491 e. The smallest absolute Gasteiger partial charge is 0.119 e. The highest BCUT2D eigenvalue weighted by Crippen LogP contribution is 2.37. The van der Waals surface area contributed by atoms with Crippen molar-refractivity contribution in [2.24, 2.45) is 0 Å². The molecule has 25 heavy (non-hydrogen) atoms. The van der Waals surface area contributed by atoms with E-state index in [2.05, 4.69) is 38.1 Å². The van der Waals surface area contributed by atoms with Crippen LogP contribution in [-0.2, 0) is 4.52 Å². The van der Waals surface area contributed by atoms with Gasteiger partial charge in [-0.3, -0.25) is 0 Å². The first-order valence-corrected chi connectivity index (χ1v) is 10.1. The van der Waals surface area contributed by atoms with Crippen molar-refractivity contribution in [3.8, 4) is 11.5 Å². The summed E-state index contributed by atoms with van der Waals surface area (Å²) in [4.78, 5) is 0. The highest BCUT2D eigenvalue weighted by atomic mass is 31.1. The lowest BCUT2D eigenvalue weighted by Crippen LogP contribution is -2.17. The summed E-state index contributed by atoms with van der Waals surface area (Å²) < 4.78 is 17.7. The van der Waals surface area contributed by atoms with Crippen LogP contribution in [0, 0.1) is 0 Å². The van der Waals surface area contributed by atoms with Crippen LogP contribution in [0.25, 0.3) is 0 Å². The fourth-order valence-electron chi connectivity index (χ4n) is 2.35. The molecule has 0 saturated heterocycles. The Morgan fingerprint density at radius 1 is 0.560 bits per heavy atom. The third-order valence-electron chi connectivity index (χ3n) is 3.20. The normalized spacial score (nSPS) is 11.6. The monoisotopic (exact) mass is 360 g/mol. The first kappa shape index (κ1) is 19.8. The van der Waals surface area contributed by atoms with Gasteiger partial charge >= 0.3 is 0 Å². The highest BCUT2D eigenvalue weighted by Gasteiger charge is 2.17. The van der Waals surface area contributed by atoms with Gasteiger partial charge in [0.15, 0.2) is 0 Å². The van der Waals surface area contributed by atoms with Crippen molar-refractivity contribution in [1.82, 2.24) is 0 Å². The Morgan fingerprint density at radius 2 is 0.920 bits per heavy atom. The van der Waals surface area contributed by atoms with Crippen LogP contribution in [0.3, 0.4) is 0 Å². The second-order valence-corrected chi connectivity index (χ2v) is 8.60. The zero-order valence-corrected chi connectivity index (χ0v) is 16.9. The van der Waals surface area contributed by atoms with Crippen molar-refractivity contribution in [3.05, 3.63) is 48.5 Å². The van der Waals surface area contributed by atoms with E-state index in [9.17, 15) is 0 Å². The van der Waals surface area contributed by atoms with Gasteiger partial charge in [-0.05, 0) is 90.1 Å². The van der Waals surface area contributed by atoms with E-state index in [1.54, 1.807) is 0 Å². The second-order valence-electron chi connectivity index (χ2n) is 6.77. The van der Waals surface area contributed by atoms with Gasteiger partial charge in [-0.1, -0.05) is 0 Å². The lowest BCUT2D eigenvalue weighted by atomic mass is 10.3. The average Bonchev–Trinajstić information content (AvgIpc) is 2.53. The van der Waals surface area contributed by atoms with Crippen molar-refractivity contribution in [1.29, 1.82) is 0 Å². The minimum absolute atomic E-state index is 0.157. The van der Waals surface area contributed by atoms with Crippen molar-refractivity contribution < 1.29 is 14.0 Å². The summed E-state index contributed by atoms with van der Waals surface area (Å²) in [6, 6.07) is 16.5. The first-order valence-electron chi connectivity index (χ1n) is 8.85. The number of ether oxygens (including phenoxy) is 2. The molecule has 0 heterocycles. The molecule has 2 aromatic carbocycles. The topological polar surface area (TPSA) is 27.7 Å². The van der Waals surface area contributed by atoms with Crippen LogP contribution in [-0.4, -0.2) is 18.3 Å². The molecule has 3 nitrogen and oxygen atoms in total. The molecule has 0 aliphatic rings. The minimum atomic E-state index is -0.867. The number of benzene rings is 2. The van der Waals surface area contributed by atoms with Gasteiger partial charge in [0.05, 0.1) is 26.5 Å². The summed E-state index contributed by atoms with van der Waals surface area (Å²) >= 11 is 0. The molecule has 4 heteroatoms. The van der Waals surface area contributed by atoms with Crippen LogP contribution in [0.4, 0.5) is 0 Å². The Kier molecular flexibility index (Phi) is 7.28. The zero-order valence-electron chi connectivity index (χ0n) is 16.0. The average molecular weight is 360 g/mol. The maximum atomic E-state index is 6.25. The molecule has 0 saturated carbocycles. The summed E-state index contributed by atoms with van der Waals surface area (Å²) in [6.07, 6.45) is 0.504. The summed E-state index contributed by atoms with van der Waals surface area (Å²) in [7, 11) is -0.867. The van der Waals surface area contributed by atoms with E-state index in [4.69, 9.17) is 14.0 Å². The quantitative estimate of drug-likeness (QED) is 0.618. The number of hydrogen-bond donors (Lipinski definition) is 0. The fraction of sp³-hybridized carbons (Fsp3) is 0.429. The Bertz CT molecular complexity index is 580. The van der Waals surface area contributed by atoms with E-state index in [-0.39, 0.29) is 18.3 Å². The van der Waals surface area contributed by atoms with E-state index >= 15 is 0 Å². The van der Waals surface area contributed by atoms with Crippen LogP contribution in [0.2, 0.25) is 0 Å². The van der Waals surface area contributed by atoms with Crippen molar-refractivity contribution >= 4 is 18.8 Å². The van der Waals surface area contributed by atoms with Gasteiger partial charge in [-0.2, -0.15) is 0 Å². The summed E-state index contributed by atoms with van der Waals surface area (Å²) in [5, 5.41) is 2.36. The Balaban J connectivity index is 2.23. The SMILES string of the molecule is CC(C)Oc1ccc(P(OC(C)C)c2ccc(OC(C)C)cc2)cc1. The first-order chi connectivity index (χ1) is 11.8. The molecular weight excluding hydrogens is 331 g/mol. The van der Waals surface area contributed by atoms with Crippen LogP contribution in [0.15, 0.2) is 48.5 Å². The van der Waals surface area contributed by atoms with Crippen molar-refractivity contribution in [2.45, 2.75) is 59.9 Å². The lowest BCUT2D eigenvalue weighted by molar-refractivity contribution is 0.242. The van der Waals surface area contributed by atoms with Gasteiger partial charge in [0.1, 0.15) is 11.5 Å². The van der Waals surface area contributed by atoms with Crippen LogP contribution >= 0.6 is 8.15 Å². The Labute approximate surface area is 153 Å². The molecule has 0 spiro atoms. The maximum Gasteiger partial charge on any atom is 0.119 e. The number of rotatable bonds is 8. The predicted octanol–water partition coefficient (Wildman–Crippen LogP) is 5.03. The molecule has 0 radical (unpaired) electrons. The molecule has 0 bridgehead atoms. The molecular formula is C21H29O3P. The van der Waals surface area contributed by atoms with E-state index < -0.39 is 8.15 Å². The van der Waals surface area contributed by atoms with Crippen LogP contribution in [0.5, 0.6) is 11.5 Å². The van der Waals surface area contributed by atoms with Crippen molar-refractivity contribution in [3.63, 3.8) is 0 Å². The summed E-state index contributed by atoms with van der Waals surface area (Å²) in [6.45, 7) is 12.3. The molecule has 0 amide bonds. The minimum Gasteiger partial charge on any atom is -0.491 e. The van der Waals surface area contributed by atoms with E-state index in [1.807, 2.05) is 52.0 Å². The number of hydrogen-bond acceptors (Lipinski definition) is 3. The molecule has 136 valence electrons. The van der Waals surface area contributed by atoms with Gasteiger partial charge in [0, 0.05) is 10.6 Å². The zero-order chi connectivity index (χ0) is 18.4. The molecule has 2 rings (SSSR count). The fourth-order valence-corrected chi connectivity index (χ4v) is 4.15. The molecule has 0 aliphatic carbocycles. The third kappa shape index (κ3) is 6.34. The van der Waals surface area contributed by atoms with Gasteiger partial charge in [-0.25, -0.2) is 0 Å². The summed E-state index contributed by atoms with van der Waals surface area (Å²) in [5.74, 6) is 1.78. The molecule has 0 unspecified atom stereocenters. The van der Waals surface area contributed by atoms with E-state index in [1.165, 1.54) is 10.6 Å². The highest BCUT2D eigenvalue weighted by molar-refractivity contribution is 7.68. The van der Waals surface area contributed by atoms with E-state index in [0.717, 1.165) is 11.5 Å². The van der Waals surface area contributed by atoms with Crippen LogP contribution in [0.1, 0.15) is 41.5 Å². The van der Waals surface area contributed by atoms with Crippen LogP contribution < -0.4 is 20.1 Å². The maximum absolute atomic E-state index is 6.25. The van der Waals surface area contributed by atoms with Gasteiger partial charge in [-0.15, -0.1) is 0 Å². The standard InChI is InChI=1S/C21H29O3P/c1-15(2)22-18-7-11-20(12-8-18)25(24-17(5)6)21-13-9-19(10-14-21)23-16(3)4/h7-17H,1-6H3. The van der Waals surface area contributed by atoms with Gasteiger partial charge in [0.25, 0.3) is 0 Å². The van der Waals surface area contributed by atoms with Gasteiger partial charge < -0.3 is 14.0 Å².